The maximum atomic E-state index is 6.15. The van der Waals surface area contributed by atoms with Gasteiger partial charge in [0, 0.05) is 18.2 Å². The lowest BCUT2D eigenvalue weighted by atomic mass is 10.0. The first kappa shape index (κ1) is 14.5. The third-order valence-corrected chi connectivity index (χ3v) is 3.45. The van der Waals surface area contributed by atoms with Crippen LogP contribution in [0, 0.1) is 0 Å². The minimum atomic E-state index is -0.0762. The SMILES string of the molecule is COC(C)(C)CCN[C@H](C)c1ccccc1Cl. The number of methoxy groups -OCH3 is 1. The van der Waals surface area contributed by atoms with Crippen LogP contribution in [-0.4, -0.2) is 19.3 Å². The Labute approximate surface area is 109 Å². The van der Waals surface area contributed by atoms with Crippen molar-refractivity contribution in [2.45, 2.75) is 38.8 Å². The van der Waals surface area contributed by atoms with E-state index in [1.54, 1.807) is 7.11 Å². The third-order valence-electron chi connectivity index (χ3n) is 3.10. The number of rotatable bonds is 6. The van der Waals surface area contributed by atoms with Crippen molar-refractivity contribution in [1.29, 1.82) is 0 Å². The van der Waals surface area contributed by atoms with Gasteiger partial charge in [0.05, 0.1) is 5.60 Å². The van der Waals surface area contributed by atoms with Crippen LogP contribution in [0.1, 0.15) is 38.8 Å². The molecule has 1 atom stereocenters. The molecule has 0 aliphatic heterocycles. The number of nitrogens with one attached hydrogen (secondary N) is 1. The van der Waals surface area contributed by atoms with Crippen LogP contribution < -0.4 is 5.32 Å². The molecule has 0 spiro atoms. The van der Waals surface area contributed by atoms with Gasteiger partial charge < -0.3 is 10.1 Å². The average molecular weight is 256 g/mol. The lowest BCUT2D eigenvalue weighted by molar-refractivity contribution is 0.0154. The zero-order valence-corrected chi connectivity index (χ0v) is 11.8. The van der Waals surface area contributed by atoms with Gasteiger partial charge in [-0.15, -0.1) is 0 Å². The highest BCUT2D eigenvalue weighted by Gasteiger charge is 2.16. The van der Waals surface area contributed by atoms with E-state index in [1.165, 1.54) is 0 Å². The summed E-state index contributed by atoms with van der Waals surface area (Å²) in [5.41, 5.74) is 1.07. The highest BCUT2D eigenvalue weighted by atomic mass is 35.5. The Bertz CT molecular complexity index is 352. The van der Waals surface area contributed by atoms with Gasteiger partial charge in [0.2, 0.25) is 0 Å². The van der Waals surface area contributed by atoms with E-state index in [0.717, 1.165) is 23.6 Å². The van der Waals surface area contributed by atoms with Crippen molar-refractivity contribution in [1.82, 2.24) is 5.32 Å². The van der Waals surface area contributed by atoms with E-state index in [2.05, 4.69) is 32.2 Å². The fraction of sp³-hybridized carbons (Fsp3) is 0.571. The molecule has 3 heteroatoms. The van der Waals surface area contributed by atoms with E-state index in [9.17, 15) is 0 Å². The van der Waals surface area contributed by atoms with Gasteiger partial charge in [-0.25, -0.2) is 0 Å². The highest BCUT2D eigenvalue weighted by molar-refractivity contribution is 6.31. The van der Waals surface area contributed by atoms with Crippen LogP contribution in [-0.2, 0) is 4.74 Å². The Morgan fingerprint density at radius 2 is 2.00 bits per heavy atom. The maximum absolute atomic E-state index is 6.15. The molecule has 0 bridgehead atoms. The van der Waals surface area contributed by atoms with Crippen LogP contribution >= 0.6 is 11.6 Å². The van der Waals surface area contributed by atoms with Gasteiger partial charge in [-0.2, -0.15) is 0 Å². The van der Waals surface area contributed by atoms with Crippen LogP contribution in [0.2, 0.25) is 5.02 Å². The Morgan fingerprint density at radius 3 is 2.59 bits per heavy atom. The predicted molar refractivity (Wildman–Crippen MR) is 73.6 cm³/mol. The molecule has 1 aromatic rings. The molecule has 1 aromatic carbocycles. The van der Waals surface area contributed by atoms with Crippen molar-refractivity contribution in [3.05, 3.63) is 34.9 Å². The van der Waals surface area contributed by atoms with E-state index >= 15 is 0 Å². The topological polar surface area (TPSA) is 21.3 Å². The molecule has 1 rings (SSSR count). The van der Waals surface area contributed by atoms with Gasteiger partial charge in [-0.05, 0) is 45.4 Å². The molecule has 2 nitrogen and oxygen atoms in total. The average Bonchev–Trinajstić information content (AvgIpc) is 2.29. The summed E-state index contributed by atoms with van der Waals surface area (Å²) in [6.07, 6.45) is 0.971. The minimum Gasteiger partial charge on any atom is -0.379 e. The summed E-state index contributed by atoms with van der Waals surface area (Å²) in [5, 5.41) is 4.28. The molecule has 0 fully saturated rings. The molecule has 0 aliphatic carbocycles. The van der Waals surface area contributed by atoms with E-state index in [1.807, 2.05) is 18.2 Å². The van der Waals surface area contributed by atoms with Gasteiger partial charge in [0.1, 0.15) is 0 Å². The van der Waals surface area contributed by atoms with Crippen LogP contribution in [0.15, 0.2) is 24.3 Å². The first-order valence-electron chi connectivity index (χ1n) is 5.99. The molecule has 0 aliphatic rings. The van der Waals surface area contributed by atoms with Crippen molar-refractivity contribution in [2.75, 3.05) is 13.7 Å². The molecule has 0 saturated heterocycles. The Hall–Kier alpha value is -0.570. The van der Waals surface area contributed by atoms with Crippen molar-refractivity contribution in [3.8, 4) is 0 Å². The predicted octanol–water partition coefficient (Wildman–Crippen LogP) is 3.81. The van der Waals surface area contributed by atoms with Gasteiger partial charge in [0.25, 0.3) is 0 Å². The quantitative estimate of drug-likeness (QED) is 0.835. The molecule has 17 heavy (non-hydrogen) atoms. The van der Waals surface area contributed by atoms with E-state index in [-0.39, 0.29) is 11.6 Å². The van der Waals surface area contributed by atoms with Crippen LogP contribution in [0.5, 0.6) is 0 Å². The molecule has 0 unspecified atom stereocenters. The summed E-state index contributed by atoms with van der Waals surface area (Å²) in [6, 6.07) is 8.21. The second-order valence-corrected chi connectivity index (χ2v) is 5.32. The summed E-state index contributed by atoms with van der Waals surface area (Å²) in [7, 11) is 1.75. The van der Waals surface area contributed by atoms with Crippen LogP contribution in [0.3, 0.4) is 0 Å². The lowest BCUT2D eigenvalue weighted by Crippen LogP contribution is -2.30. The molecular formula is C14H22ClNO. The zero-order valence-electron chi connectivity index (χ0n) is 11.1. The lowest BCUT2D eigenvalue weighted by Gasteiger charge is -2.24. The normalized spacial score (nSPS) is 13.7. The molecule has 0 heterocycles. The third kappa shape index (κ3) is 4.66. The fourth-order valence-corrected chi connectivity index (χ4v) is 1.93. The molecule has 96 valence electrons. The number of benzene rings is 1. The first-order valence-corrected chi connectivity index (χ1v) is 6.37. The molecule has 0 aromatic heterocycles. The number of hydrogen-bond donors (Lipinski definition) is 1. The molecular weight excluding hydrogens is 234 g/mol. The van der Waals surface area contributed by atoms with Gasteiger partial charge in [0.15, 0.2) is 0 Å². The van der Waals surface area contributed by atoms with Crippen LogP contribution in [0.4, 0.5) is 0 Å². The van der Waals surface area contributed by atoms with Crippen molar-refractivity contribution in [3.63, 3.8) is 0 Å². The standard InChI is InChI=1S/C14H22ClNO/c1-11(12-7-5-6-8-13(12)15)16-10-9-14(2,3)17-4/h5-8,11,16H,9-10H2,1-4H3/t11-/m1/s1. The Morgan fingerprint density at radius 1 is 1.35 bits per heavy atom. The van der Waals surface area contributed by atoms with Gasteiger partial charge in [-0.3, -0.25) is 0 Å². The first-order chi connectivity index (χ1) is 7.96. The molecule has 0 saturated carbocycles. The molecule has 1 N–H and O–H groups in total. The largest absolute Gasteiger partial charge is 0.379 e. The monoisotopic (exact) mass is 255 g/mol. The van der Waals surface area contributed by atoms with Crippen LogP contribution in [0.25, 0.3) is 0 Å². The smallest absolute Gasteiger partial charge is 0.0634 e. The highest BCUT2D eigenvalue weighted by Crippen LogP contribution is 2.22. The summed E-state index contributed by atoms with van der Waals surface area (Å²) >= 11 is 6.15. The summed E-state index contributed by atoms with van der Waals surface area (Å²) in [6.45, 7) is 7.22. The second-order valence-electron chi connectivity index (χ2n) is 4.91. The van der Waals surface area contributed by atoms with E-state index in [0.29, 0.717) is 0 Å². The summed E-state index contributed by atoms with van der Waals surface area (Å²) in [5.74, 6) is 0. The molecule has 0 radical (unpaired) electrons. The van der Waals surface area contributed by atoms with Crippen molar-refractivity contribution < 1.29 is 4.74 Å². The number of halogens is 1. The minimum absolute atomic E-state index is 0.0762. The second kappa shape index (κ2) is 6.39. The van der Waals surface area contributed by atoms with Crippen molar-refractivity contribution in [2.24, 2.45) is 0 Å². The number of hydrogen-bond acceptors (Lipinski definition) is 2. The summed E-state index contributed by atoms with van der Waals surface area (Å²) in [4.78, 5) is 0. The fourth-order valence-electron chi connectivity index (χ4n) is 1.63. The van der Waals surface area contributed by atoms with E-state index < -0.39 is 0 Å². The van der Waals surface area contributed by atoms with Gasteiger partial charge in [-0.1, -0.05) is 29.8 Å². The van der Waals surface area contributed by atoms with Crippen molar-refractivity contribution >= 4 is 11.6 Å². The Balaban J connectivity index is 2.46. The van der Waals surface area contributed by atoms with E-state index in [4.69, 9.17) is 16.3 Å². The molecule has 0 amide bonds. The summed E-state index contributed by atoms with van der Waals surface area (Å²) < 4.78 is 5.38. The zero-order chi connectivity index (χ0) is 12.9. The Kier molecular flexibility index (Phi) is 5.44. The number of ether oxygens (including phenoxy) is 1. The maximum Gasteiger partial charge on any atom is 0.0634 e. The van der Waals surface area contributed by atoms with Gasteiger partial charge >= 0.3 is 0 Å².